The van der Waals surface area contributed by atoms with Crippen LogP contribution in [0.5, 0.6) is 5.75 Å². The van der Waals surface area contributed by atoms with Gasteiger partial charge < -0.3 is 15.3 Å². The molecule has 1 aromatic carbocycles. The topological polar surface area (TPSA) is 94.9 Å². The van der Waals surface area contributed by atoms with Crippen molar-refractivity contribution in [3.63, 3.8) is 0 Å². The molecule has 2 aromatic rings. The van der Waals surface area contributed by atoms with Gasteiger partial charge in [-0.05, 0) is 25.3 Å². The first-order chi connectivity index (χ1) is 15.7. The number of rotatable bonds is 5. The van der Waals surface area contributed by atoms with Crippen LogP contribution in [0.4, 0.5) is 17.6 Å². The average Bonchev–Trinajstić information content (AvgIpc) is 2.77. The van der Waals surface area contributed by atoms with Crippen molar-refractivity contribution in [2.24, 2.45) is 0 Å². The number of nitrogens with zero attached hydrogens (tertiary/aromatic N) is 3. The number of alkyl halides is 2. The van der Waals surface area contributed by atoms with E-state index in [1.54, 1.807) is 5.01 Å². The van der Waals surface area contributed by atoms with Gasteiger partial charge >= 0.3 is 0 Å². The van der Waals surface area contributed by atoms with E-state index in [1.165, 1.54) is 0 Å². The molecule has 1 aromatic heterocycles. The number of benzene rings is 1. The van der Waals surface area contributed by atoms with Crippen LogP contribution in [0.15, 0.2) is 29.2 Å². The van der Waals surface area contributed by atoms with Gasteiger partial charge in [0.1, 0.15) is 23.4 Å². The maximum atomic E-state index is 13.8. The van der Waals surface area contributed by atoms with Gasteiger partial charge in [-0.2, -0.15) is 0 Å². The Kier molecular flexibility index (Phi) is 6.00. The molecule has 4 rings (SSSR count). The second-order valence-corrected chi connectivity index (χ2v) is 7.82. The Morgan fingerprint density at radius 1 is 1.21 bits per heavy atom. The number of hydrogen-bond acceptors (Lipinski definition) is 5. The number of hydrogen-bond donors (Lipinski definition) is 2. The van der Waals surface area contributed by atoms with Gasteiger partial charge in [-0.1, -0.05) is 6.07 Å². The zero-order valence-corrected chi connectivity index (χ0v) is 17.2. The number of aromatic hydroxyl groups is 1. The van der Waals surface area contributed by atoms with Crippen molar-refractivity contribution < 1.29 is 32.3 Å². The van der Waals surface area contributed by atoms with E-state index in [0.29, 0.717) is 31.9 Å². The second-order valence-electron chi connectivity index (χ2n) is 7.82. The highest BCUT2D eigenvalue weighted by molar-refractivity contribution is 5.99. The molecular weight excluding hydrogens is 448 g/mol. The molecule has 8 nitrogen and oxygen atoms in total. The van der Waals surface area contributed by atoms with E-state index in [2.05, 4.69) is 5.32 Å². The number of carbonyl (C=O) groups excluding carboxylic acids is 2. The van der Waals surface area contributed by atoms with Crippen LogP contribution in [0, 0.1) is 11.6 Å². The van der Waals surface area contributed by atoms with Crippen LogP contribution >= 0.6 is 0 Å². The zero-order valence-electron chi connectivity index (χ0n) is 17.2. The minimum Gasteiger partial charge on any atom is -0.502 e. The first kappa shape index (κ1) is 22.6. The molecule has 0 bridgehead atoms. The third-order valence-corrected chi connectivity index (χ3v) is 5.74. The summed E-state index contributed by atoms with van der Waals surface area (Å²) in [5.41, 5.74) is -2.21. The Bertz CT molecular complexity index is 1170. The number of pyridine rings is 1. The van der Waals surface area contributed by atoms with E-state index in [4.69, 9.17) is 0 Å². The molecule has 12 heteroatoms. The number of fused-ring (bicyclic) bond motifs is 3. The SMILES string of the molecule is O=C(NCc1ccc(F)cc1F)c1cn2c(c(O)c1=O)C(=O)N(CC(F)F)[C@@H]1CCCCN12. The minimum atomic E-state index is -2.81. The fraction of sp³-hybridized carbons (Fsp3) is 0.381. The van der Waals surface area contributed by atoms with Crippen molar-refractivity contribution in [3.8, 4) is 5.75 Å². The summed E-state index contributed by atoms with van der Waals surface area (Å²) in [6.45, 7) is -0.881. The van der Waals surface area contributed by atoms with E-state index < -0.39 is 65.0 Å². The fourth-order valence-electron chi connectivity index (χ4n) is 4.18. The molecule has 1 saturated heterocycles. The summed E-state index contributed by atoms with van der Waals surface area (Å²) in [6.07, 6.45) is -0.703. The summed E-state index contributed by atoms with van der Waals surface area (Å²) in [5.74, 6) is -4.61. The molecule has 3 heterocycles. The highest BCUT2D eigenvalue weighted by Gasteiger charge is 2.42. The van der Waals surface area contributed by atoms with Crippen molar-refractivity contribution >= 4 is 11.8 Å². The van der Waals surface area contributed by atoms with Crippen molar-refractivity contribution in [2.45, 2.75) is 38.4 Å². The van der Waals surface area contributed by atoms with E-state index in [-0.39, 0.29) is 12.1 Å². The summed E-state index contributed by atoms with van der Waals surface area (Å²) in [4.78, 5) is 39.2. The molecule has 0 saturated carbocycles. The molecular formula is C21H20F4N4O4. The molecule has 0 radical (unpaired) electrons. The molecule has 2 amide bonds. The Morgan fingerprint density at radius 3 is 2.67 bits per heavy atom. The quantitative estimate of drug-likeness (QED) is 0.655. The van der Waals surface area contributed by atoms with Gasteiger partial charge in [0.2, 0.25) is 5.43 Å². The van der Waals surface area contributed by atoms with Crippen LogP contribution in [0.3, 0.4) is 0 Å². The molecule has 2 aliphatic heterocycles. The number of carbonyl (C=O) groups is 2. The predicted molar refractivity (Wildman–Crippen MR) is 108 cm³/mol. The van der Waals surface area contributed by atoms with E-state index in [9.17, 15) is 37.1 Å². The Balaban J connectivity index is 1.69. The monoisotopic (exact) mass is 468 g/mol. The van der Waals surface area contributed by atoms with Gasteiger partial charge in [0, 0.05) is 30.9 Å². The van der Waals surface area contributed by atoms with Gasteiger partial charge in [0.05, 0.1) is 6.54 Å². The lowest BCUT2D eigenvalue weighted by atomic mass is 10.0. The largest absolute Gasteiger partial charge is 0.502 e. The number of piperidine rings is 1. The number of halogens is 4. The molecule has 33 heavy (non-hydrogen) atoms. The van der Waals surface area contributed by atoms with Gasteiger partial charge in [-0.25, -0.2) is 17.6 Å². The van der Waals surface area contributed by atoms with Crippen LogP contribution in [0.2, 0.25) is 0 Å². The summed E-state index contributed by atoms with van der Waals surface area (Å²) in [6, 6.07) is 2.79. The third kappa shape index (κ3) is 4.12. The Hall–Kier alpha value is -3.57. The summed E-state index contributed by atoms with van der Waals surface area (Å²) in [5, 5.41) is 14.4. The molecule has 1 atom stereocenters. The Morgan fingerprint density at radius 2 is 1.97 bits per heavy atom. The maximum Gasteiger partial charge on any atom is 0.278 e. The standard InChI is InChI=1S/C21H20F4N4O4/c22-12-5-4-11(14(23)7-12)8-26-20(32)13-9-29-17(19(31)18(13)30)21(33)27(10-15(24)25)16-3-1-2-6-28(16)29/h4-5,7,9,15-16,31H,1-3,6,8,10H2,(H,26,32)/t16-/m0/s1. The smallest absolute Gasteiger partial charge is 0.278 e. The van der Waals surface area contributed by atoms with Crippen molar-refractivity contribution in [1.29, 1.82) is 0 Å². The lowest BCUT2D eigenvalue weighted by Crippen LogP contribution is -2.63. The first-order valence-electron chi connectivity index (χ1n) is 10.3. The van der Waals surface area contributed by atoms with Crippen LogP contribution in [0.1, 0.15) is 45.7 Å². The van der Waals surface area contributed by atoms with E-state index in [0.717, 1.165) is 27.9 Å². The third-order valence-electron chi connectivity index (χ3n) is 5.74. The van der Waals surface area contributed by atoms with Gasteiger partial charge in [-0.3, -0.25) is 24.1 Å². The van der Waals surface area contributed by atoms with Crippen molar-refractivity contribution in [1.82, 2.24) is 14.9 Å². The van der Waals surface area contributed by atoms with Gasteiger partial charge in [-0.15, -0.1) is 0 Å². The fourth-order valence-corrected chi connectivity index (χ4v) is 4.18. The number of amides is 2. The highest BCUT2D eigenvalue weighted by atomic mass is 19.3. The van der Waals surface area contributed by atoms with Crippen LogP contribution in [-0.2, 0) is 6.54 Å². The summed E-state index contributed by atoms with van der Waals surface area (Å²) in [7, 11) is 0. The summed E-state index contributed by atoms with van der Waals surface area (Å²) < 4.78 is 54.3. The summed E-state index contributed by atoms with van der Waals surface area (Å²) >= 11 is 0. The molecule has 176 valence electrons. The van der Waals surface area contributed by atoms with E-state index >= 15 is 0 Å². The second kappa shape index (κ2) is 8.75. The lowest BCUT2D eigenvalue weighted by molar-refractivity contribution is 0.0264. The average molecular weight is 468 g/mol. The highest BCUT2D eigenvalue weighted by Crippen LogP contribution is 2.30. The van der Waals surface area contributed by atoms with Crippen molar-refractivity contribution in [2.75, 3.05) is 18.1 Å². The van der Waals surface area contributed by atoms with Crippen LogP contribution < -0.4 is 15.8 Å². The molecule has 2 aliphatic rings. The Labute approximate surface area is 185 Å². The minimum absolute atomic E-state index is 0.0269. The van der Waals surface area contributed by atoms with Crippen LogP contribution in [0.25, 0.3) is 0 Å². The predicted octanol–water partition coefficient (Wildman–Crippen LogP) is 1.93. The molecule has 1 fully saturated rings. The van der Waals surface area contributed by atoms with Gasteiger partial charge in [0.15, 0.2) is 11.4 Å². The molecule has 2 N–H and O–H groups in total. The molecule has 0 spiro atoms. The normalized spacial score (nSPS) is 17.7. The van der Waals surface area contributed by atoms with Crippen LogP contribution in [-0.4, -0.2) is 52.2 Å². The zero-order chi connectivity index (χ0) is 23.9. The molecule has 0 unspecified atom stereocenters. The van der Waals surface area contributed by atoms with Gasteiger partial charge in [0.25, 0.3) is 18.2 Å². The van der Waals surface area contributed by atoms with E-state index in [1.807, 2.05) is 0 Å². The number of aromatic nitrogens is 1. The first-order valence-corrected chi connectivity index (χ1v) is 10.3. The number of nitrogens with one attached hydrogen (secondary N) is 1. The lowest BCUT2D eigenvalue weighted by Gasteiger charge is -2.48. The van der Waals surface area contributed by atoms with Crippen molar-refractivity contribution in [3.05, 3.63) is 63.1 Å². The maximum absolute atomic E-state index is 13.8. The molecule has 0 aliphatic carbocycles.